The van der Waals surface area contributed by atoms with Gasteiger partial charge in [0.1, 0.15) is 24.2 Å². The Hall–Kier alpha value is -6.77. The summed E-state index contributed by atoms with van der Waals surface area (Å²) in [4.78, 5) is 113. The first kappa shape index (κ1) is 68.5. The number of hydrogen-bond donors (Lipinski definition) is 16. The predicted molar refractivity (Wildman–Crippen MR) is 306 cm³/mol. The van der Waals surface area contributed by atoms with Crippen molar-refractivity contribution in [3.8, 4) is 0 Å². The number of nitrogens with two attached hydrogens (primary N) is 2. The number of benzene rings is 2. The second-order valence-electron chi connectivity index (χ2n) is 21.2. The summed E-state index contributed by atoms with van der Waals surface area (Å²) >= 11 is 0. The summed E-state index contributed by atoms with van der Waals surface area (Å²) in [6.07, 6.45) is 4.40. The average Bonchev–Trinajstić information content (AvgIpc) is 3.43. The zero-order valence-corrected chi connectivity index (χ0v) is 47.1. The van der Waals surface area contributed by atoms with Crippen molar-refractivity contribution in [1.82, 2.24) is 58.5 Å². The molecule has 0 aromatic heterocycles. The van der Waals surface area contributed by atoms with Crippen LogP contribution in [0.15, 0.2) is 60.7 Å². The van der Waals surface area contributed by atoms with Gasteiger partial charge in [0, 0.05) is 122 Å². The number of hydrogen-bond acceptors (Lipinski definition) is 15. The molecule has 1 fully saturated rings. The Morgan fingerprint density at radius 3 is 1.52 bits per heavy atom. The molecule has 1 aliphatic rings. The molecule has 0 unspecified atom stereocenters. The van der Waals surface area contributed by atoms with Crippen LogP contribution in [0.25, 0.3) is 0 Å². The van der Waals surface area contributed by atoms with E-state index < -0.39 is 71.9 Å². The van der Waals surface area contributed by atoms with E-state index in [1.807, 2.05) is 60.7 Å². The maximum absolute atomic E-state index is 14.1. The number of carboxylic acid groups (broad SMARTS) is 3. The third kappa shape index (κ3) is 29.5. The van der Waals surface area contributed by atoms with Gasteiger partial charge in [-0.15, -0.1) is 0 Å². The average molecular weight is 1140 g/mol. The van der Waals surface area contributed by atoms with Gasteiger partial charge in [0.25, 0.3) is 0 Å². The molecule has 1 heterocycles. The number of rotatable bonds is 35. The van der Waals surface area contributed by atoms with Crippen molar-refractivity contribution in [2.45, 2.75) is 139 Å². The number of nitrogens with one attached hydrogen (secondary N) is 11. The monoisotopic (exact) mass is 1140 g/mol. The van der Waals surface area contributed by atoms with Crippen LogP contribution in [-0.4, -0.2) is 177 Å². The lowest BCUT2D eigenvalue weighted by atomic mass is 9.90. The molecule has 452 valence electrons. The fraction of sp³-hybridized carbons (Fsp3) is 0.625. The van der Waals surface area contributed by atoms with Crippen LogP contribution in [-0.2, 0) is 51.2 Å². The van der Waals surface area contributed by atoms with Crippen molar-refractivity contribution >= 4 is 53.5 Å². The fourth-order valence-electron chi connectivity index (χ4n) is 8.97. The van der Waals surface area contributed by atoms with E-state index >= 15 is 0 Å². The highest BCUT2D eigenvalue weighted by molar-refractivity contribution is 5.92. The number of amides is 7. The molecular weight excluding hydrogens is 1050 g/mol. The molecule has 0 bridgehead atoms. The Labute approximate surface area is 475 Å². The first-order valence-corrected chi connectivity index (χ1v) is 28.4. The molecule has 4 atom stereocenters. The van der Waals surface area contributed by atoms with Gasteiger partial charge in [-0.1, -0.05) is 86.8 Å². The zero-order valence-electron chi connectivity index (χ0n) is 47.1. The lowest BCUT2D eigenvalue weighted by Gasteiger charge is -2.35. The van der Waals surface area contributed by atoms with E-state index in [0.717, 1.165) is 43.5 Å². The molecule has 18 N–H and O–H groups in total. The third-order valence-electron chi connectivity index (χ3n) is 13.9. The molecule has 25 nitrogen and oxygen atoms in total. The number of carbonyl (C=O) groups is 9. The van der Waals surface area contributed by atoms with Gasteiger partial charge in [0.2, 0.25) is 29.5 Å². The SMILES string of the molecule is CC1(CN)CNCCNCC(CN)(NC(=O)CCCC(=O)N[C@@H](Cc2ccccc2)C(=O)N[C@@H](Cc2ccccc2)C(=O)NCCCCCCCC(=O)NCCCC[C@H](NC(=O)N[C@@H](CCC(=O)O)C(=O)O)C(=O)O)CNCCNC1. The second kappa shape index (κ2) is 38.8. The summed E-state index contributed by atoms with van der Waals surface area (Å²) in [6, 6.07) is 12.6. The minimum absolute atomic E-state index is 0.0119. The first-order valence-electron chi connectivity index (χ1n) is 28.4. The zero-order chi connectivity index (χ0) is 59.3. The molecule has 25 heteroatoms. The van der Waals surface area contributed by atoms with Gasteiger partial charge in [0.05, 0.1) is 5.54 Å². The molecule has 0 saturated carbocycles. The first-order chi connectivity index (χ1) is 38.9. The van der Waals surface area contributed by atoms with Gasteiger partial charge in [-0.25, -0.2) is 14.4 Å². The van der Waals surface area contributed by atoms with Crippen molar-refractivity contribution in [1.29, 1.82) is 0 Å². The Kier molecular flexibility index (Phi) is 32.8. The summed E-state index contributed by atoms with van der Waals surface area (Å²) in [5, 5.41) is 60.3. The molecule has 3 rings (SSSR count). The molecule has 0 radical (unpaired) electrons. The van der Waals surface area contributed by atoms with Gasteiger partial charge in [-0.2, -0.15) is 0 Å². The van der Waals surface area contributed by atoms with Crippen LogP contribution in [0.5, 0.6) is 0 Å². The molecule has 7 amide bonds. The van der Waals surface area contributed by atoms with E-state index in [1.54, 1.807) is 0 Å². The second-order valence-corrected chi connectivity index (χ2v) is 21.2. The van der Waals surface area contributed by atoms with E-state index in [4.69, 9.17) is 16.6 Å². The molecule has 2 aromatic rings. The Balaban J connectivity index is 1.45. The fourth-order valence-corrected chi connectivity index (χ4v) is 8.97. The normalized spacial score (nSPS) is 18.5. The van der Waals surface area contributed by atoms with Crippen LogP contribution in [0.4, 0.5) is 4.79 Å². The van der Waals surface area contributed by atoms with Crippen LogP contribution >= 0.6 is 0 Å². The Morgan fingerprint density at radius 2 is 0.975 bits per heavy atom. The maximum atomic E-state index is 14.1. The van der Waals surface area contributed by atoms with E-state index in [2.05, 4.69) is 65.4 Å². The number of urea groups is 1. The molecular formula is C56H91N13O12. The van der Waals surface area contributed by atoms with Gasteiger partial charge in [-0.3, -0.25) is 28.8 Å². The predicted octanol–water partition coefficient (Wildman–Crippen LogP) is -0.424. The highest BCUT2D eigenvalue weighted by atomic mass is 16.4. The largest absolute Gasteiger partial charge is 0.481 e. The molecule has 0 aliphatic carbocycles. The number of carboxylic acids is 3. The molecule has 1 aliphatic heterocycles. The van der Waals surface area contributed by atoms with Crippen molar-refractivity contribution in [3.63, 3.8) is 0 Å². The topological polar surface area (TPSA) is 399 Å². The van der Waals surface area contributed by atoms with Crippen LogP contribution in [0.2, 0.25) is 0 Å². The quantitative estimate of drug-likeness (QED) is 0.0390. The van der Waals surface area contributed by atoms with Crippen LogP contribution < -0.4 is 70.0 Å². The van der Waals surface area contributed by atoms with Gasteiger partial charge in [0.15, 0.2) is 0 Å². The van der Waals surface area contributed by atoms with Gasteiger partial charge in [-0.05, 0) is 56.1 Å². The van der Waals surface area contributed by atoms with Crippen LogP contribution in [0, 0.1) is 5.41 Å². The molecule has 2 aromatic carbocycles. The van der Waals surface area contributed by atoms with Crippen molar-refractivity contribution < 1.29 is 58.5 Å². The highest BCUT2D eigenvalue weighted by Gasteiger charge is 2.32. The summed E-state index contributed by atoms with van der Waals surface area (Å²) in [5.41, 5.74) is 13.1. The molecule has 1 saturated heterocycles. The Morgan fingerprint density at radius 1 is 0.494 bits per heavy atom. The van der Waals surface area contributed by atoms with Crippen LogP contribution in [0.1, 0.15) is 108 Å². The molecule has 81 heavy (non-hydrogen) atoms. The van der Waals surface area contributed by atoms with Crippen molar-refractivity contribution in [3.05, 3.63) is 71.8 Å². The third-order valence-corrected chi connectivity index (χ3v) is 13.9. The summed E-state index contributed by atoms with van der Waals surface area (Å²) in [6.45, 7) is 8.63. The maximum Gasteiger partial charge on any atom is 0.326 e. The minimum atomic E-state index is -1.51. The summed E-state index contributed by atoms with van der Waals surface area (Å²) in [5.74, 6) is -5.78. The van der Waals surface area contributed by atoms with Crippen molar-refractivity contribution in [2.24, 2.45) is 16.9 Å². The van der Waals surface area contributed by atoms with Gasteiger partial charge >= 0.3 is 23.9 Å². The van der Waals surface area contributed by atoms with E-state index in [1.165, 1.54) is 0 Å². The van der Waals surface area contributed by atoms with Gasteiger partial charge < -0.3 is 85.3 Å². The smallest absolute Gasteiger partial charge is 0.326 e. The minimum Gasteiger partial charge on any atom is -0.481 e. The number of aliphatic carboxylic acids is 3. The lowest BCUT2D eigenvalue weighted by molar-refractivity contribution is -0.141. The van der Waals surface area contributed by atoms with E-state index in [0.29, 0.717) is 78.0 Å². The standard InChI is InChI=1S/C56H91N13O12/c1-55(34-57)36-59-28-30-61-38-56(35-58,39-62-31-29-60-37-55)69-48(72)23-15-22-47(71)65-45(33-41-18-9-6-10-19-41)51(76)66-44(32-40-16-7-5-8-17-40)50(75)64-27-13-4-2-3-11-21-46(70)63-26-14-12-20-42(52(77)78)67-54(81)68-43(53(79)80)24-25-49(73)74/h5-10,16-19,42-45,59-62H,2-4,11-15,20-39,57-58H2,1H3,(H,63,70)(H,64,75)(H,65,71)(H,66,76)(H,69,72)(H,73,74)(H,77,78)(H,79,80)(H2,67,68,81)/t42-,43-,44-,45-,55?,56?/m0/s1. The molecule has 0 spiro atoms. The lowest BCUT2D eigenvalue weighted by Crippen LogP contribution is -2.65. The number of carbonyl (C=O) groups excluding carboxylic acids is 6. The number of unbranched alkanes of at least 4 members (excludes halogenated alkanes) is 5. The Bertz CT molecular complexity index is 2230. The summed E-state index contributed by atoms with van der Waals surface area (Å²) in [7, 11) is 0. The highest BCUT2D eigenvalue weighted by Crippen LogP contribution is 2.13. The van der Waals surface area contributed by atoms with Crippen LogP contribution in [0.3, 0.4) is 0 Å². The van der Waals surface area contributed by atoms with E-state index in [9.17, 15) is 53.4 Å². The van der Waals surface area contributed by atoms with Crippen molar-refractivity contribution in [2.75, 3.05) is 78.5 Å². The summed E-state index contributed by atoms with van der Waals surface area (Å²) < 4.78 is 0. The van der Waals surface area contributed by atoms with E-state index in [-0.39, 0.29) is 87.6 Å².